The van der Waals surface area contributed by atoms with Gasteiger partial charge < -0.3 is 28.8 Å². The Hall–Kier alpha value is -3.18. The number of alkyl halides is 1. The molecule has 0 atom stereocenters. The number of thiophene rings is 3. The number of alkyl carbamates (subject to hydrolysis) is 1. The first-order valence-electron chi connectivity index (χ1n) is 14.8. The van der Waals surface area contributed by atoms with Gasteiger partial charge in [0.15, 0.2) is 5.58 Å². The third kappa shape index (κ3) is 9.19. The van der Waals surface area contributed by atoms with Crippen LogP contribution in [-0.4, -0.2) is 70.1 Å². The Bertz CT molecular complexity index is 1740. The Morgan fingerprint density at radius 3 is 2.62 bits per heavy atom. The number of hydrogen-bond donors (Lipinski definition) is 1. The molecule has 0 spiro atoms. The zero-order valence-corrected chi connectivity index (χ0v) is 28.2. The number of hydrogen-bond acceptors (Lipinski definition) is 11. The summed E-state index contributed by atoms with van der Waals surface area (Å²) in [7, 11) is 1.99. The monoisotopic (exact) mass is 686 g/mol. The highest BCUT2D eigenvalue weighted by atomic mass is 35.5. The van der Waals surface area contributed by atoms with Crippen molar-refractivity contribution in [1.29, 1.82) is 5.26 Å². The lowest BCUT2D eigenvalue weighted by molar-refractivity contribution is 0.0469. The van der Waals surface area contributed by atoms with Gasteiger partial charge in [0.1, 0.15) is 23.8 Å². The molecule has 1 amide bonds. The molecule has 0 saturated heterocycles. The molecule has 0 unspecified atom stereocenters. The molecule has 5 aromatic rings. The van der Waals surface area contributed by atoms with E-state index in [0.29, 0.717) is 50.0 Å². The zero-order chi connectivity index (χ0) is 31.4. The van der Waals surface area contributed by atoms with Crippen molar-refractivity contribution in [3.63, 3.8) is 0 Å². The molecule has 0 aliphatic rings. The van der Waals surface area contributed by atoms with Crippen LogP contribution in [0.25, 0.3) is 41.5 Å². The number of fused-ring (bicyclic) bond motifs is 4. The van der Waals surface area contributed by atoms with E-state index in [1.165, 1.54) is 18.8 Å². The van der Waals surface area contributed by atoms with Gasteiger partial charge in [0.25, 0.3) is 0 Å². The van der Waals surface area contributed by atoms with E-state index in [2.05, 4.69) is 33.4 Å². The van der Waals surface area contributed by atoms with Crippen molar-refractivity contribution >= 4 is 98.3 Å². The normalized spacial score (nSPS) is 11.9. The van der Waals surface area contributed by atoms with Crippen LogP contribution in [0, 0.1) is 11.3 Å². The predicted octanol–water partition coefficient (Wildman–Crippen LogP) is 8.38. The first-order chi connectivity index (χ1) is 22.1. The second-order valence-corrected chi connectivity index (χ2v) is 13.8. The molecule has 45 heavy (non-hydrogen) atoms. The van der Waals surface area contributed by atoms with Gasteiger partial charge in [-0.1, -0.05) is 25.0 Å². The number of rotatable bonds is 18. The maximum atomic E-state index is 12.1. The standard InChI is InChI=1S/C32H35ClN4O5S3/c1-37(12-15-41-32(38)35-11-14-40-17-16-39-13-7-3-2-6-10-33)28-20-27-30(45-28)29-26(44-27)19-23(43-29)18-22(21-34)31-36-24-8-4-5-9-25(24)42-31/h4-5,8-9,18-20H,2-3,6-7,10-17H2,1H3,(H,35,38)/b22-18+. The topological polar surface area (TPSA) is 110 Å². The fourth-order valence-electron chi connectivity index (χ4n) is 4.51. The lowest BCUT2D eigenvalue weighted by Crippen LogP contribution is -2.31. The Kier molecular flexibility index (Phi) is 12.5. The summed E-state index contributed by atoms with van der Waals surface area (Å²) >= 11 is 10.8. The molecule has 1 aromatic carbocycles. The summed E-state index contributed by atoms with van der Waals surface area (Å²) in [6.45, 7) is 3.40. The minimum absolute atomic E-state index is 0.267. The molecular weight excluding hydrogens is 652 g/mol. The average molecular weight is 687 g/mol. The number of carbonyl (C=O) groups excluding carboxylic acids is 1. The summed E-state index contributed by atoms with van der Waals surface area (Å²) in [6.07, 6.45) is 5.75. The minimum Gasteiger partial charge on any atom is -0.448 e. The number of ether oxygens (including phenoxy) is 3. The fourth-order valence-corrected chi connectivity index (χ4v) is 8.65. The van der Waals surface area contributed by atoms with Crippen LogP contribution >= 0.6 is 45.6 Å². The Labute approximate surface area is 278 Å². The first-order valence-corrected chi connectivity index (χ1v) is 17.8. The van der Waals surface area contributed by atoms with E-state index in [0.717, 1.165) is 53.6 Å². The van der Waals surface area contributed by atoms with Gasteiger partial charge in [-0.05, 0) is 43.2 Å². The number of likely N-dealkylation sites (N-methyl/N-ethyl adjacent to an activating group) is 1. The number of aromatic nitrogens is 1. The van der Waals surface area contributed by atoms with Gasteiger partial charge in [0.2, 0.25) is 5.89 Å². The Morgan fingerprint density at radius 2 is 1.80 bits per heavy atom. The van der Waals surface area contributed by atoms with Gasteiger partial charge in [-0.15, -0.1) is 45.6 Å². The fraction of sp³-hybridized carbons (Fsp3) is 0.406. The molecule has 0 bridgehead atoms. The van der Waals surface area contributed by atoms with E-state index in [4.69, 9.17) is 30.2 Å². The second-order valence-electron chi connectivity index (χ2n) is 10.2. The van der Waals surface area contributed by atoms with Gasteiger partial charge in [-0.2, -0.15) is 5.26 Å². The maximum Gasteiger partial charge on any atom is 0.407 e. The number of anilines is 1. The van der Waals surface area contributed by atoms with Crippen LogP contribution in [0.3, 0.4) is 0 Å². The number of amides is 1. The van der Waals surface area contributed by atoms with E-state index < -0.39 is 6.09 Å². The van der Waals surface area contributed by atoms with Crippen molar-refractivity contribution in [2.75, 3.05) is 64.0 Å². The molecule has 238 valence electrons. The van der Waals surface area contributed by atoms with Crippen LogP contribution in [0.4, 0.5) is 9.80 Å². The molecule has 0 aliphatic heterocycles. The quantitative estimate of drug-likeness (QED) is 0.0556. The van der Waals surface area contributed by atoms with Gasteiger partial charge in [-0.25, -0.2) is 9.78 Å². The van der Waals surface area contributed by atoms with Gasteiger partial charge in [0.05, 0.1) is 40.8 Å². The Morgan fingerprint density at radius 1 is 1.02 bits per heavy atom. The number of halogens is 1. The third-order valence-electron chi connectivity index (χ3n) is 6.86. The number of nitrogens with zero attached hydrogens (tertiary/aromatic N) is 3. The molecule has 1 N–H and O–H groups in total. The summed E-state index contributed by atoms with van der Waals surface area (Å²) in [4.78, 5) is 19.6. The summed E-state index contributed by atoms with van der Waals surface area (Å²) < 4.78 is 27.0. The van der Waals surface area contributed by atoms with Crippen LogP contribution in [0.5, 0.6) is 0 Å². The minimum atomic E-state index is -0.456. The summed E-state index contributed by atoms with van der Waals surface area (Å²) in [5, 5.41) is 13.6. The molecule has 0 saturated carbocycles. The molecule has 0 radical (unpaired) electrons. The molecule has 9 nitrogen and oxygen atoms in total. The number of nitrogens with one attached hydrogen (secondary N) is 1. The maximum absolute atomic E-state index is 12.1. The van der Waals surface area contributed by atoms with Crippen molar-refractivity contribution in [2.24, 2.45) is 0 Å². The highest BCUT2D eigenvalue weighted by Crippen LogP contribution is 2.46. The number of benzene rings is 1. The predicted molar refractivity (Wildman–Crippen MR) is 186 cm³/mol. The number of allylic oxidation sites excluding steroid dienone is 1. The molecular formula is C32H35ClN4O5S3. The highest BCUT2D eigenvalue weighted by Gasteiger charge is 2.16. The molecule has 5 rings (SSSR count). The molecule has 0 aliphatic carbocycles. The van der Waals surface area contributed by atoms with Crippen molar-refractivity contribution in [3.8, 4) is 6.07 Å². The number of oxazole rings is 1. The summed E-state index contributed by atoms with van der Waals surface area (Å²) in [6, 6.07) is 14.0. The molecule has 13 heteroatoms. The van der Waals surface area contributed by atoms with Gasteiger partial charge in [-0.3, -0.25) is 0 Å². The van der Waals surface area contributed by atoms with Crippen molar-refractivity contribution < 1.29 is 23.4 Å². The third-order valence-corrected chi connectivity index (χ3v) is 11.0. The van der Waals surface area contributed by atoms with Crippen LogP contribution in [0.1, 0.15) is 36.5 Å². The van der Waals surface area contributed by atoms with E-state index >= 15 is 0 Å². The van der Waals surface area contributed by atoms with Crippen LogP contribution in [0.2, 0.25) is 0 Å². The van der Waals surface area contributed by atoms with E-state index in [1.54, 1.807) is 34.0 Å². The largest absolute Gasteiger partial charge is 0.448 e. The number of para-hydroxylation sites is 2. The van der Waals surface area contributed by atoms with Crippen molar-refractivity contribution in [3.05, 3.63) is 47.2 Å². The molecule has 4 aromatic heterocycles. The van der Waals surface area contributed by atoms with E-state index in [1.807, 2.05) is 37.4 Å². The number of carbonyl (C=O) groups is 1. The summed E-state index contributed by atoms with van der Waals surface area (Å²) in [5.41, 5.74) is 1.78. The zero-order valence-electron chi connectivity index (χ0n) is 25.0. The van der Waals surface area contributed by atoms with E-state index in [9.17, 15) is 10.1 Å². The number of unbranched alkanes of at least 4 members (excludes halogenated alkanes) is 3. The summed E-state index contributed by atoms with van der Waals surface area (Å²) in [5.74, 6) is 1.05. The second kappa shape index (κ2) is 16.9. The molecule has 0 fully saturated rings. The van der Waals surface area contributed by atoms with Gasteiger partial charge >= 0.3 is 6.09 Å². The Balaban J connectivity index is 1.04. The highest BCUT2D eigenvalue weighted by molar-refractivity contribution is 7.39. The van der Waals surface area contributed by atoms with Crippen molar-refractivity contribution in [1.82, 2.24) is 10.3 Å². The lowest BCUT2D eigenvalue weighted by Gasteiger charge is -2.16. The SMILES string of the molecule is CN(CCOC(=O)NCCOCCOCCCCCCCl)c1cc2sc3cc(/C=C(\C#N)c4nc5ccccc5o4)sc3c2s1. The molecule has 4 heterocycles. The van der Waals surface area contributed by atoms with Crippen LogP contribution < -0.4 is 10.2 Å². The van der Waals surface area contributed by atoms with Gasteiger partial charge in [0, 0.05) is 40.4 Å². The van der Waals surface area contributed by atoms with Crippen LogP contribution in [-0.2, 0) is 14.2 Å². The first kappa shape index (κ1) is 33.2. The lowest BCUT2D eigenvalue weighted by atomic mass is 10.2. The van der Waals surface area contributed by atoms with E-state index in [-0.39, 0.29) is 6.61 Å². The van der Waals surface area contributed by atoms with Crippen LogP contribution in [0.15, 0.2) is 40.8 Å². The van der Waals surface area contributed by atoms with Crippen molar-refractivity contribution in [2.45, 2.75) is 25.7 Å². The smallest absolute Gasteiger partial charge is 0.407 e. The number of nitriles is 1. The average Bonchev–Trinajstić information content (AvgIpc) is 3.81.